The van der Waals surface area contributed by atoms with E-state index >= 15 is 0 Å². The van der Waals surface area contributed by atoms with Crippen LogP contribution in [0.3, 0.4) is 0 Å². The summed E-state index contributed by atoms with van der Waals surface area (Å²) in [5.74, 6) is -1.70. The summed E-state index contributed by atoms with van der Waals surface area (Å²) in [7, 11) is 0. The van der Waals surface area contributed by atoms with E-state index in [9.17, 15) is 14.4 Å². The molecule has 1 aromatic carbocycles. The van der Waals surface area contributed by atoms with Crippen molar-refractivity contribution in [2.45, 2.75) is 19.9 Å². The van der Waals surface area contributed by atoms with Crippen LogP contribution in [0.5, 0.6) is 0 Å². The molecule has 0 fully saturated rings. The summed E-state index contributed by atoms with van der Waals surface area (Å²) in [5, 5.41) is 4.98. The molecule has 2 rings (SSSR count). The Bertz CT molecular complexity index is 810. The predicted octanol–water partition coefficient (Wildman–Crippen LogP) is 3.27. The number of amides is 3. The number of hydrogen-bond acceptors (Lipinski definition) is 4. The molecule has 26 heavy (non-hydrogen) atoms. The van der Waals surface area contributed by atoms with Gasteiger partial charge < -0.3 is 5.32 Å². The Morgan fingerprint density at radius 1 is 1.04 bits per heavy atom. The first-order valence-electron chi connectivity index (χ1n) is 7.69. The fourth-order valence-electron chi connectivity index (χ4n) is 2.09. The van der Waals surface area contributed by atoms with Gasteiger partial charge in [0.15, 0.2) is 0 Å². The molecule has 138 valence electrons. The molecule has 0 saturated heterocycles. The van der Waals surface area contributed by atoms with Crippen LogP contribution in [0.4, 0.5) is 0 Å². The van der Waals surface area contributed by atoms with Crippen molar-refractivity contribution in [3.63, 3.8) is 0 Å². The second kappa shape index (κ2) is 9.02. The highest BCUT2D eigenvalue weighted by Crippen LogP contribution is 2.20. The average Bonchev–Trinajstić information content (AvgIpc) is 3.13. The lowest BCUT2D eigenvalue weighted by Gasteiger charge is -2.21. The average molecular weight is 414 g/mol. The van der Waals surface area contributed by atoms with Gasteiger partial charge in [0, 0.05) is 5.02 Å². The van der Waals surface area contributed by atoms with E-state index in [0.29, 0.717) is 9.90 Å². The van der Waals surface area contributed by atoms with Gasteiger partial charge in [-0.3, -0.25) is 25.2 Å². The summed E-state index contributed by atoms with van der Waals surface area (Å²) < 4.78 is 0. The Labute approximate surface area is 164 Å². The van der Waals surface area contributed by atoms with E-state index in [1.807, 2.05) is 0 Å². The molecule has 0 saturated carbocycles. The molecule has 1 unspecified atom stereocenters. The van der Waals surface area contributed by atoms with Crippen molar-refractivity contribution in [1.82, 2.24) is 16.2 Å². The Balaban J connectivity index is 2.00. The third-order valence-electron chi connectivity index (χ3n) is 3.45. The van der Waals surface area contributed by atoms with Crippen LogP contribution in [0.2, 0.25) is 10.0 Å². The van der Waals surface area contributed by atoms with Gasteiger partial charge in [0.05, 0.1) is 15.5 Å². The predicted molar refractivity (Wildman–Crippen MR) is 102 cm³/mol. The van der Waals surface area contributed by atoms with E-state index < -0.39 is 17.9 Å². The molecule has 6 nitrogen and oxygen atoms in total. The van der Waals surface area contributed by atoms with Crippen LogP contribution in [0, 0.1) is 5.92 Å². The Morgan fingerprint density at radius 3 is 2.38 bits per heavy atom. The zero-order valence-electron chi connectivity index (χ0n) is 14.0. The number of rotatable bonds is 5. The largest absolute Gasteiger partial charge is 0.339 e. The molecular formula is C17H17Cl2N3O3S. The second-order valence-corrected chi connectivity index (χ2v) is 7.53. The molecule has 9 heteroatoms. The number of hydrazine groups is 1. The van der Waals surface area contributed by atoms with Gasteiger partial charge in [-0.2, -0.15) is 0 Å². The fourth-order valence-corrected chi connectivity index (χ4v) is 3.09. The minimum Gasteiger partial charge on any atom is -0.339 e. The molecule has 0 aliphatic rings. The van der Waals surface area contributed by atoms with Gasteiger partial charge in [0.25, 0.3) is 17.7 Å². The van der Waals surface area contributed by atoms with Gasteiger partial charge in [0.1, 0.15) is 6.04 Å². The van der Waals surface area contributed by atoms with Crippen molar-refractivity contribution in [3.8, 4) is 0 Å². The maximum Gasteiger partial charge on any atom is 0.271 e. The quantitative estimate of drug-likeness (QED) is 0.657. The van der Waals surface area contributed by atoms with Crippen LogP contribution in [-0.2, 0) is 4.79 Å². The number of thiophene rings is 1. The maximum atomic E-state index is 12.4. The van der Waals surface area contributed by atoms with Crippen molar-refractivity contribution in [3.05, 3.63) is 56.2 Å². The highest BCUT2D eigenvalue weighted by molar-refractivity contribution is 7.12. The summed E-state index contributed by atoms with van der Waals surface area (Å²) in [4.78, 5) is 37.2. The third-order valence-corrected chi connectivity index (χ3v) is 4.89. The van der Waals surface area contributed by atoms with E-state index in [1.54, 1.807) is 37.4 Å². The zero-order valence-corrected chi connectivity index (χ0v) is 16.3. The number of carbonyl (C=O) groups excluding carboxylic acids is 3. The molecule has 3 N–H and O–H groups in total. The minimum atomic E-state index is -0.820. The number of benzene rings is 1. The van der Waals surface area contributed by atoms with Crippen LogP contribution >= 0.6 is 34.5 Å². The van der Waals surface area contributed by atoms with Crippen LogP contribution in [0.1, 0.15) is 33.9 Å². The Hall–Kier alpha value is -2.09. The van der Waals surface area contributed by atoms with Crippen molar-refractivity contribution < 1.29 is 14.4 Å². The van der Waals surface area contributed by atoms with Gasteiger partial charge in [-0.25, -0.2) is 0 Å². The third kappa shape index (κ3) is 5.20. The van der Waals surface area contributed by atoms with E-state index in [2.05, 4.69) is 16.2 Å². The van der Waals surface area contributed by atoms with Crippen LogP contribution in [0.25, 0.3) is 0 Å². The van der Waals surface area contributed by atoms with Gasteiger partial charge in [-0.1, -0.05) is 43.1 Å². The smallest absolute Gasteiger partial charge is 0.271 e. The maximum absolute atomic E-state index is 12.4. The summed E-state index contributed by atoms with van der Waals surface area (Å²) in [6.07, 6.45) is 0. The van der Waals surface area contributed by atoms with Gasteiger partial charge in [-0.15, -0.1) is 11.3 Å². The topological polar surface area (TPSA) is 87.3 Å². The molecular weight excluding hydrogens is 397 g/mol. The monoisotopic (exact) mass is 413 g/mol. The highest BCUT2D eigenvalue weighted by atomic mass is 35.5. The highest BCUT2D eigenvalue weighted by Gasteiger charge is 2.25. The normalized spacial score (nSPS) is 11.7. The van der Waals surface area contributed by atoms with E-state index in [4.69, 9.17) is 23.2 Å². The molecule has 0 bridgehead atoms. The van der Waals surface area contributed by atoms with Crippen molar-refractivity contribution in [2.75, 3.05) is 0 Å². The fraction of sp³-hybridized carbons (Fsp3) is 0.235. The summed E-state index contributed by atoms with van der Waals surface area (Å²) in [6.45, 7) is 3.57. The number of carbonyl (C=O) groups is 3. The van der Waals surface area contributed by atoms with Crippen LogP contribution in [-0.4, -0.2) is 23.8 Å². The number of nitrogens with one attached hydrogen (secondary N) is 3. The molecule has 3 amide bonds. The summed E-state index contributed by atoms with van der Waals surface area (Å²) in [5.41, 5.74) is 4.72. The minimum absolute atomic E-state index is 0.128. The molecule has 2 aromatic rings. The first kappa shape index (κ1) is 20.2. The lowest BCUT2D eigenvalue weighted by molar-refractivity contribution is -0.124. The van der Waals surface area contributed by atoms with Gasteiger partial charge in [0.2, 0.25) is 0 Å². The molecule has 0 aliphatic heterocycles. The molecule has 1 aromatic heterocycles. The zero-order chi connectivity index (χ0) is 19.3. The molecule has 1 heterocycles. The summed E-state index contributed by atoms with van der Waals surface area (Å²) >= 11 is 13.1. The van der Waals surface area contributed by atoms with E-state index in [0.717, 1.165) is 0 Å². The molecule has 0 aliphatic carbocycles. The number of hydrogen-bond donors (Lipinski definition) is 3. The van der Waals surface area contributed by atoms with Crippen molar-refractivity contribution >= 4 is 52.3 Å². The molecule has 1 atom stereocenters. The first-order valence-corrected chi connectivity index (χ1v) is 9.32. The lowest BCUT2D eigenvalue weighted by Crippen LogP contribution is -2.54. The van der Waals surface area contributed by atoms with Crippen LogP contribution in [0.15, 0.2) is 35.7 Å². The Kier molecular flexibility index (Phi) is 7.02. The van der Waals surface area contributed by atoms with E-state index in [1.165, 1.54) is 23.5 Å². The molecule has 0 spiro atoms. The standard InChI is InChI=1S/C17H17Cl2N3O3S/c1-9(2)14(20-16(24)13-4-3-7-26-13)17(25)22-21-15(23)11-8-10(18)5-6-12(11)19/h3-9,14H,1-2H3,(H,20,24)(H,21,23)(H,22,25). The Morgan fingerprint density at radius 2 is 1.77 bits per heavy atom. The van der Waals surface area contributed by atoms with E-state index in [-0.39, 0.29) is 22.4 Å². The van der Waals surface area contributed by atoms with Crippen LogP contribution < -0.4 is 16.2 Å². The van der Waals surface area contributed by atoms with Crippen molar-refractivity contribution in [2.24, 2.45) is 5.92 Å². The van der Waals surface area contributed by atoms with Crippen molar-refractivity contribution in [1.29, 1.82) is 0 Å². The van der Waals surface area contributed by atoms with Gasteiger partial charge >= 0.3 is 0 Å². The second-order valence-electron chi connectivity index (χ2n) is 5.74. The summed E-state index contributed by atoms with van der Waals surface area (Å²) in [6, 6.07) is 7.02. The lowest BCUT2D eigenvalue weighted by atomic mass is 10.0. The SMILES string of the molecule is CC(C)C(NC(=O)c1cccs1)C(=O)NNC(=O)c1cc(Cl)ccc1Cl. The first-order chi connectivity index (χ1) is 12.3. The van der Waals surface area contributed by atoms with Gasteiger partial charge in [-0.05, 0) is 35.6 Å². The molecule has 0 radical (unpaired) electrons. The number of halogens is 2.